The number of methoxy groups -OCH3 is 1. The summed E-state index contributed by atoms with van der Waals surface area (Å²) in [6.07, 6.45) is 1.59. The molecule has 1 aliphatic heterocycles. The molecule has 1 rings (SSSR count). The Morgan fingerprint density at radius 2 is 2.29 bits per heavy atom. The number of hydrogen-bond donors (Lipinski definition) is 2. The van der Waals surface area contributed by atoms with Gasteiger partial charge in [0.2, 0.25) is 5.91 Å². The number of carbonyl (C=O) groups excluding carboxylic acids is 1. The van der Waals surface area contributed by atoms with Crippen LogP contribution in [0.1, 0.15) is 25.7 Å². The molecule has 6 nitrogen and oxygen atoms in total. The molecule has 1 heterocycles. The van der Waals surface area contributed by atoms with Gasteiger partial charge in [-0.3, -0.25) is 9.59 Å². The van der Waals surface area contributed by atoms with Gasteiger partial charge in [-0.1, -0.05) is 0 Å². The topological polar surface area (TPSA) is 92.9 Å². The summed E-state index contributed by atoms with van der Waals surface area (Å²) in [6.45, 7) is 0.928. The highest BCUT2D eigenvalue weighted by Crippen LogP contribution is 2.21. The summed E-state index contributed by atoms with van der Waals surface area (Å²) in [5, 5.41) is 8.77. The molecule has 1 amide bonds. The lowest BCUT2D eigenvalue weighted by Gasteiger charge is -2.25. The largest absolute Gasteiger partial charge is 0.481 e. The average Bonchev–Trinajstić information content (AvgIpc) is 2.72. The van der Waals surface area contributed by atoms with Crippen LogP contribution in [-0.2, 0) is 14.3 Å². The first-order valence-electron chi connectivity index (χ1n) is 5.82. The fourth-order valence-corrected chi connectivity index (χ4v) is 2.15. The highest BCUT2D eigenvalue weighted by Gasteiger charge is 2.31. The normalized spacial score (nSPS) is 21.5. The first-order valence-corrected chi connectivity index (χ1v) is 5.82. The van der Waals surface area contributed by atoms with Crippen molar-refractivity contribution in [2.75, 3.05) is 20.2 Å². The third kappa shape index (κ3) is 3.98. The minimum atomic E-state index is -0.864. The van der Waals surface area contributed by atoms with E-state index in [1.807, 2.05) is 0 Å². The Hall–Kier alpha value is -1.14. The maximum atomic E-state index is 12.0. The number of carbonyl (C=O) groups is 2. The summed E-state index contributed by atoms with van der Waals surface area (Å²) >= 11 is 0. The molecule has 0 radical (unpaired) electrons. The summed E-state index contributed by atoms with van der Waals surface area (Å²) in [6, 6.07) is -0.171. The maximum absolute atomic E-state index is 12.0. The first-order chi connectivity index (χ1) is 8.08. The van der Waals surface area contributed by atoms with E-state index in [0.29, 0.717) is 13.1 Å². The predicted octanol–water partition coefficient (Wildman–Crippen LogP) is -0.184. The zero-order chi connectivity index (χ0) is 12.8. The Bertz CT molecular complexity index is 279. The van der Waals surface area contributed by atoms with Gasteiger partial charge in [0.25, 0.3) is 0 Å². The van der Waals surface area contributed by atoms with Crippen molar-refractivity contribution in [3.05, 3.63) is 0 Å². The predicted molar refractivity (Wildman–Crippen MR) is 61.5 cm³/mol. The van der Waals surface area contributed by atoms with Crippen molar-refractivity contribution >= 4 is 11.9 Å². The van der Waals surface area contributed by atoms with Crippen molar-refractivity contribution in [1.82, 2.24) is 4.90 Å². The van der Waals surface area contributed by atoms with E-state index in [1.165, 1.54) is 7.11 Å². The number of nitrogens with zero attached hydrogens (tertiary/aromatic N) is 1. The van der Waals surface area contributed by atoms with E-state index in [4.69, 9.17) is 15.6 Å². The summed E-state index contributed by atoms with van der Waals surface area (Å²) < 4.78 is 5.06. The fraction of sp³-hybridized carbons (Fsp3) is 0.818. The smallest absolute Gasteiger partial charge is 0.305 e. The summed E-state index contributed by atoms with van der Waals surface area (Å²) in [5.41, 5.74) is 5.46. The molecule has 1 saturated heterocycles. The summed E-state index contributed by atoms with van der Waals surface area (Å²) in [5.74, 6) is -0.928. The Morgan fingerprint density at radius 3 is 2.82 bits per heavy atom. The van der Waals surface area contributed by atoms with Crippen LogP contribution in [0.15, 0.2) is 0 Å². The Balaban J connectivity index is 2.52. The number of carboxylic acids is 1. The van der Waals surface area contributed by atoms with Gasteiger partial charge in [0, 0.05) is 26.2 Å². The van der Waals surface area contributed by atoms with Gasteiger partial charge >= 0.3 is 5.97 Å². The minimum Gasteiger partial charge on any atom is -0.481 e. The first kappa shape index (κ1) is 13.9. The lowest BCUT2D eigenvalue weighted by molar-refractivity contribution is -0.140. The molecule has 1 aliphatic rings. The van der Waals surface area contributed by atoms with Crippen molar-refractivity contribution in [2.45, 2.75) is 37.8 Å². The average molecular weight is 244 g/mol. The van der Waals surface area contributed by atoms with Crippen LogP contribution in [0, 0.1) is 0 Å². The molecule has 98 valence electrons. The molecule has 6 heteroatoms. The quantitative estimate of drug-likeness (QED) is 0.676. The van der Waals surface area contributed by atoms with Crippen LogP contribution in [0.3, 0.4) is 0 Å². The number of aliphatic carboxylic acids is 1. The van der Waals surface area contributed by atoms with Gasteiger partial charge in [0.1, 0.15) is 0 Å². The van der Waals surface area contributed by atoms with Crippen LogP contribution in [0.25, 0.3) is 0 Å². The molecular weight excluding hydrogens is 224 g/mol. The maximum Gasteiger partial charge on any atom is 0.305 e. The number of carboxylic acid groups (broad SMARTS) is 1. The van der Waals surface area contributed by atoms with Gasteiger partial charge in [-0.15, -0.1) is 0 Å². The highest BCUT2D eigenvalue weighted by atomic mass is 16.5. The second-order valence-electron chi connectivity index (χ2n) is 4.28. The number of rotatable bonds is 6. The zero-order valence-electron chi connectivity index (χ0n) is 10.1. The number of nitrogens with two attached hydrogens (primary N) is 1. The standard InChI is InChI=1S/C11H20N2O4/c1-17-9(7-12)6-10(14)13-4-2-3-8(13)5-11(15)16/h8-9H,2-7,12H2,1H3,(H,15,16). The van der Waals surface area contributed by atoms with E-state index in [1.54, 1.807) is 4.90 Å². The molecule has 0 spiro atoms. The second kappa shape index (κ2) is 6.56. The van der Waals surface area contributed by atoms with Gasteiger partial charge in [-0.05, 0) is 12.8 Å². The number of amides is 1. The lowest BCUT2D eigenvalue weighted by atomic mass is 10.1. The fourth-order valence-electron chi connectivity index (χ4n) is 2.15. The minimum absolute atomic E-state index is 0.0199. The van der Waals surface area contributed by atoms with E-state index < -0.39 is 5.97 Å². The zero-order valence-corrected chi connectivity index (χ0v) is 10.1. The van der Waals surface area contributed by atoms with Crippen LogP contribution in [-0.4, -0.2) is 54.2 Å². The third-order valence-electron chi connectivity index (χ3n) is 3.11. The molecule has 0 aliphatic carbocycles. The van der Waals surface area contributed by atoms with Gasteiger partial charge < -0.3 is 20.5 Å². The molecule has 1 fully saturated rings. The van der Waals surface area contributed by atoms with Gasteiger partial charge in [0.05, 0.1) is 18.9 Å². The summed E-state index contributed by atoms with van der Waals surface area (Å²) in [4.78, 5) is 24.3. The van der Waals surface area contributed by atoms with E-state index in [-0.39, 0.29) is 30.9 Å². The van der Waals surface area contributed by atoms with Crippen molar-refractivity contribution < 1.29 is 19.4 Å². The Morgan fingerprint density at radius 1 is 1.59 bits per heavy atom. The third-order valence-corrected chi connectivity index (χ3v) is 3.11. The Kier molecular flexibility index (Phi) is 5.37. The van der Waals surface area contributed by atoms with Crippen LogP contribution < -0.4 is 5.73 Å². The SMILES string of the molecule is COC(CN)CC(=O)N1CCCC1CC(=O)O. The number of hydrogen-bond acceptors (Lipinski definition) is 4. The van der Waals surface area contributed by atoms with Crippen LogP contribution in [0.5, 0.6) is 0 Å². The number of ether oxygens (including phenoxy) is 1. The molecule has 0 saturated carbocycles. The van der Waals surface area contributed by atoms with E-state index in [0.717, 1.165) is 12.8 Å². The monoisotopic (exact) mass is 244 g/mol. The van der Waals surface area contributed by atoms with Crippen molar-refractivity contribution in [1.29, 1.82) is 0 Å². The van der Waals surface area contributed by atoms with Crippen LogP contribution in [0.2, 0.25) is 0 Å². The van der Waals surface area contributed by atoms with Gasteiger partial charge in [0.15, 0.2) is 0 Å². The van der Waals surface area contributed by atoms with E-state index >= 15 is 0 Å². The molecule has 0 aromatic carbocycles. The molecular formula is C11H20N2O4. The molecule has 0 aromatic heterocycles. The summed E-state index contributed by atoms with van der Waals surface area (Å²) in [7, 11) is 1.52. The van der Waals surface area contributed by atoms with Crippen molar-refractivity contribution in [3.63, 3.8) is 0 Å². The van der Waals surface area contributed by atoms with E-state index in [9.17, 15) is 9.59 Å². The molecule has 0 bridgehead atoms. The molecule has 0 aromatic rings. The molecule has 2 unspecified atom stereocenters. The van der Waals surface area contributed by atoms with Crippen molar-refractivity contribution in [3.8, 4) is 0 Å². The van der Waals surface area contributed by atoms with Gasteiger partial charge in [-0.25, -0.2) is 0 Å². The molecule has 17 heavy (non-hydrogen) atoms. The van der Waals surface area contributed by atoms with Crippen LogP contribution >= 0.6 is 0 Å². The molecule has 2 atom stereocenters. The Labute approximate surface area is 101 Å². The lowest BCUT2D eigenvalue weighted by Crippen LogP contribution is -2.39. The van der Waals surface area contributed by atoms with Crippen LogP contribution in [0.4, 0.5) is 0 Å². The van der Waals surface area contributed by atoms with Crippen molar-refractivity contribution in [2.24, 2.45) is 5.73 Å². The highest BCUT2D eigenvalue weighted by molar-refractivity contribution is 5.78. The molecule has 3 N–H and O–H groups in total. The number of likely N-dealkylation sites (tertiary alicyclic amines) is 1. The second-order valence-corrected chi connectivity index (χ2v) is 4.28. The van der Waals surface area contributed by atoms with Gasteiger partial charge in [-0.2, -0.15) is 0 Å². The van der Waals surface area contributed by atoms with E-state index in [2.05, 4.69) is 0 Å².